The van der Waals surface area contributed by atoms with Crippen molar-refractivity contribution in [3.05, 3.63) is 59.9 Å². The van der Waals surface area contributed by atoms with Crippen molar-refractivity contribution in [3.63, 3.8) is 0 Å². The van der Waals surface area contributed by atoms with Crippen LogP contribution in [0.3, 0.4) is 0 Å². The Hall–Kier alpha value is -2.34. The SMILES string of the molecule is O=C(CSc1ccccc1C(=O)Nc1cccc(F)c1)NC12CC3CC(CC(C3)C1)C2. The van der Waals surface area contributed by atoms with Crippen LogP contribution in [0.2, 0.25) is 0 Å². The van der Waals surface area contributed by atoms with Gasteiger partial charge in [0.1, 0.15) is 5.82 Å². The number of halogens is 1. The van der Waals surface area contributed by atoms with E-state index >= 15 is 0 Å². The molecule has 2 N–H and O–H groups in total. The highest BCUT2D eigenvalue weighted by molar-refractivity contribution is 8.00. The Balaban J connectivity index is 1.22. The van der Waals surface area contributed by atoms with Gasteiger partial charge in [0.2, 0.25) is 5.91 Å². The van der Waals surface area contributed by atoms with Crippen LogP contribution in [-0.2, 0) is 4.79 Å². The fourth-order valence-corrected chi connectivity index (χ4v) is 7.13. The largest absolute Gasteiger partial charge is 0.350 e. The van der Waals surface area contributed by atoms with Gasteiger partial charge in [0, 0.05) is 16.1 Å². The summed E-state index contributed by atoms with van der Waals surface area (Å²) in [5.41, 5.74) is 0.893. The van der Waals surface area contributed by atoms with Crippen molar-refractivity contribution in [1.29, 1.82) is 0 Å². The Morgan fingerprint density at radius 2 is 1.65 bits per heavy atom. The quantitative estimate of drug-likeness (QED) is 0.605. The van der Waals surface area contributed by atoms with E-state index in [0.717, 1.165) is 41.9 Å². The first-order chi connectivity index (χ1) is 15.0. The molecule has 4 saturated carbocycles. The molecule has 0 heterocycles. The number of thioether (sulfide) groups is 1. The van der Waals surface area contributed by atoms with Crippen LogP contribution in [0, 0.1) is 23.6 Å². The van der Waals surface area contributed by atoms with Gasteiger partial charge in [-0.2, -0.15) is 0 Å². The van der Waals surface area contributed by atoms with E-state index in [0.29, 0.717) is 11.3 Å². The van der Waals surface area contributed by atoms with Crippen LogP contribution in [-0.4, -0.2) is 23.1 Å². The number of benzene rings is 2. The van der Waals surface area contributed by atoms with Gasteiger partial charge in [0.15, 0.2) is 0 Å². The zero-order valence-corrected chi connectivity index (χ0v) is 18.2. The van der Waals surface area contributed by atoms with Crippen molar-refractivity contribution in [1.82, 2.24) is 5.32 Å². The third kappa shape index (κ3) is 4.49. The molecule has 6 rings (SSSR count). The van der Waals surface area contributed by atoms with E-state index in [-0.39, 0.29) is 23.1 Å². The Morgan fingerprint density at radius 3 is 2.32 bits per heavy atom. The van der Waals surface area contributed by atoms with Crippen LogP contribution in [0.4, 0.5) is 10.1 Å². The normalized spacial score (nSPS) is 28.4. The van der Waals surface area contributed by atoms with Gasteiger partial charge in [0.05, 0.1) is 11.3 Å². The zero-order chi connectivity index (χ0) is 21.4. The predicted molar refractivity (Wildman–Crippen MR) is 121 cm³/mol. The number of nitrogens with one attached hydrogen (secondary N) is 2. The molecule has 0 aromatic heterocycles. The maximum absolute atomic E-state index is 13.4. The molecule has 2 aromatic rings. The van der Waals surface area contributed by atoms with Crippen LogP contribution in [0.5, 0.6) is 0 Å². The molecule has 0 atom stereocenters. The Morgan fingerprint density at radius 1 is 0.968 bits per heavy atom. The average Bonchev–Trinajstić information content (AvgIpc) is 2.71. The highest BCUT2D eigenvalue weighted by Crippen LogP contribution is 2.55. The predicted octanol–water partition coefficient (Wildman–Crippen LogP) is 5.26. The first kappa shape index (κ1) is 20.6. The maximum atomic E-state index is 13.4. The Labute approximate surface area is 186 Å². The van der Waals surface area contributed by atoms with Gasteiger partial charge in [-0.3, -0.25) is 9.59 Å². The summed E-state index contributed by atoms with van der Waals surface area (Å²) in [6.07, 6.45) is 7.42. The molecular weight excluding hydrogens is 411 g/mol. The summed E-state index contributed by atoms with van der Waals surface area (Å²) in [4.78, 5) is 26.3. The van der Waals surface area contributed by atoms with Gasteiger partial charge in [0.25, 0.3) is 5.91 Å². The van der Waals surface area contributed by atoms with Gasteiger partial charge in [-0.25, -0.2) is 4.39 Å². The molecule has 4 nitrogen and oxygen atoms in total. The molecule has 0 radical (unpaired) electrons. The molecule has 6 heteroatoms. The lowest BCUT2D eigenvalue weighted by atomic mass is 9.53. The minimum atomic E-state index is -0.401. The molecule has 0 unspecified atom stereocenters. The molecule has 4 bridgehead atoms. The summed E-state index contributed by atoms with van der Waals surface area (Å²) in [6, 6.07) is 13.1. The number of carbonyl (C=O) groups excluding carboxylic acids is 2. The lowest BCUT2D eigenvalue weighted by Crippen LogP contribution is -2.60. The fourth-order valence-electron chi connectivity index (χ4n) is 6.28. The van der Waals surface area contributed by atoms with E-state index in [4.69, 9.17) is 0 Å². The monoisotopic (exact) mass is 438 g/mol. The highest BCUT2D eigenvalue weighted by atomic mass is 32.2. The van der Waals surface area contributed by atoms with E-state index < -0.39 is 5.82 Å². The van der Waals surface area contributed by atoms with E-state index in [9.17, 15) is 14.0 Å². The summed E-state index contributed by atoms with van der Waals surface area (Å²) < 4.78 is 13.4. The Bertz CT molecular complexity index is 973. The molecule has 0 aliphatic heterocycles. The molecule has 2 amide bonds. The van der Waals surface area contributed by atoms with Crippen LogP contribution in [0.25, 0.3) is 0 Å². The summed E-state index contributed by atoms with van der Waals surface area (Å²) in [5, 5.41) is 6.12. The van der Waals surface area contributed by atoms with Crippen molar-refractivity contribution >= 4 is 29.3 Å². The molecule has 4 fully saturated rings. The van der Waals surface area contributed by atoms with Crippen LogP contribution in [0.15, 0.2) is 53.4 Å². The first-order valence-electron chi connectivity index (χ1n) is 11.1. The average molecular weight is 439 g/mol. The molecule has 4 aliphatic rings. The second kappa shape index (κ2) is 8.30. The number of carbonyl (C=O) groups is 2. The minimum Gasteiger partial charge on any atom is -0.350 e. The summed E-state index contributed by atoms with van der Waals surface area (Å²) in [5.74, 6) is 1.97. The van der Waals surface area contributed by atoms with E-state index in [1.807, 2.05) is 12.1 Å². The van der Waals surface area contributed by atoms with E-state index in [2.05, 4.69) is 10.6 Å². The molecule has 162 valence electrons. The second-order valence-electron chi connectivity index (χ2n) is 9.50. The van der Waals surface area contributed by atoms with Gasteiger partial charge < -0.3 is 10.6 Å². The second-order valence-corrected chi connectivity index (χ2v) is 10.5. The lowest BCUT2D eigenvalue weighted by Gasteiger charge is -2.56. The molecule has 4 aliphatic carbocycles. The van der Waals surface area contributed by atoms with Crippen LogP contribution >= 0.6 is 11.8 Å². The van der Waals surface area contributed by atoms with E-state index in [1.54, 1.807) is 24.3 Å². The van der Waals surface area contributed by atoms with Crippen molar-refractivity contribution in [2.24, 2.45) is 17.8 Å². The lowest BCUT2D eigenvalue weighted by molar-refractivity contribution is -0.124. The number of anilines is 1. The number of hydrogen-bond donors (Lipinski definition) is 2. The molecule has 31 heavy (non-hydrogen) atoms. The van der Waals surface area contributed by atoms with Crippen molar-refractivity contribution < 1.29 is 14.0 Å². The molecule has 0 saturated heterocycles. The van der Waals surface area contributed by atoms with Gasteiger partial charge in [-0.1, -0.05) is 18.2 Å². The summed E-state index contributed by atoms with van der Waals surface area (Å²) >= 11 is 1.38. The number of rotatable bonds is 6. The van der Waals surface area contributed by atoms with Crippen molar-refractivity contribution in [3.8, 4) is 0 Å². The van der Waals surface area contributed by atoms with Crippen LogP contribution in [0.1, 0.15) is 48.9 Å². The first-order valence-corrected chi connectivity index (χ1v) is 12.1. The van der Waals surface area contributed by atoms with Crippen molar-refractivity contribution in [2.75, 3.05) is 11.1 Å². The van der Waals surface area contributed by atoms with Crippen molar-refractivity contribution in [2.45, 2.75) is 49.0 Å². The molecular formula is C25H27FN2O2S. The van der Waals surface area contributed by atoms with Gasteiger partial charge >= 0.3 is 0 Å². The number of amides is 2. The van der Waals surface area contributed by atoms with Crippen LogP contribution < -0.4 is 10.6 Å². The summed E-state index contributed by atoms with van der Waals surface area (Å²) in [6.45, 7) is 0. The highest BCUT2D eigenvalue weighted by Gasteiger charge is 2.51. The minimum absolute atomic E-state index is 0.000663. The maximum Gasteiger partial charge on any atom is 0.256 e. The number of hydrogen-bond acceptors (Lipinski definition) is 3. The molecule has 2 aromatic carbocycles. The van der Waals surface area contributed by atoms with Gasteiger partial charge in [-0.05, 0) is 86.6 Å². The smallest absolute Gasteiger partial charge is 0.256 e. The molecule has 0 spiro atoms. The topological polar surface area (TPSA) is 58.2 Å². The summed E-state index contributed by atoms with van der Waals surface area (Å²) in [7, 11) is 0. The fraction of sp³-hybridized carbons (Fsp3) is 0.440. The third-order valence-electron chi connectivity index (χ3n) is 7.02. The van der Waals surface area contributed by atoms with Gasteiger partial charge in [-0.15, -0.1) is 11.8 Å². The standard InChI is InChI=1S/C25H27FN2O2S/c26-19-4-3-5-20(11-19)27-24(30)21-6-1-2-7-22(21)31-15-23(29)28-25-12-16-8-17(13-25)10-18(9-16)14-25/h1-7,11,16-18H,8-10,12-15H2,(H,27,30)(H,28,29). The third-order valence-corrected chi connectivity index (χ3v) is 8.09. The zero-order valence-electron chi connectivity index (χ0n) is 17.4. The Kier molecular flexibility index (Phi) is 5.51. The van der Waals surface area contributed by atoms with E-state index in [1.165, 1.54) is 43.2 Å².